The maximum atomic E-state index is 12.2. The molecule has 14 nitrogen and oxygen atoms in total. The summed E-state index contributed by atoms with van der Waals surface area (Å²) in [6, 6.07) is 5.01. The summed E-state index contributed by atoms with van der Waals surface area (Å²) in [5.74, 6) is 0.213. The number of carbonyl (C=O) groups is 1. The van der Waals surface area contributed by atoms with Crippen molar-refractivity contribution in [3.63, 3.8) is 0 Å². The molecule has 0 aromatic heterocycles. The number of aliphatic hydroxyl groups is 6. The molecule has 2 fully saturated rings. The predicted molar refractivity (Wildman–Crippen MR) is 126 cm³/mol. The van der Waals surface area contributed by atoms with E-state index in [4.69, 9.17) is 33.2 Å². The molecule has 0 unspecified atom stereocenters. The molecule has 214 valence electrons. The van der Waals surface area contributed by atoms with Crippen LogP contribution in [0.4, 0.5) is 0 Å². The number of esters is 1. The largest absolute Gasteiger partial charge is 0.493 e. The highest BCUT2D eigenvalue weighted by Crippen LogP contribution is 2.28. The van der Waals surface area contributed by atoms with E-state index in [9.17, 15) is 35.4 Å². The lowest BCUT2D eigenvalue weighted by molar-refractivity contribution is -0.328. The summed E-state index contributed by atoms with van der Waals surface area (Å²) in [7, 11) is 4.21. The van der Waals surface area contributed by atoms with Crippen LogP contribution in [0.25, 0.3) is 6.08 Å². The van der Waals surface area contributed by atoms with Crippen LogP contribution in [0, 0.1) is 0 Å². The second-order valence-corrected chi connectivity index (χ2v) is 8.68. The highest BCUT2D eigenvalue weighted by atomic mass is 16.7. The van der Waals surface area contributed by atoms with Gasteiger partial charge in [0.05, 0.1) is 20.8 Å². The molecule has 1 aromatic carbocycles. The number of aliphatic hydroxyl groups excluding tert-OH is 6. The molecule has 14 heteroatoms. The lowest BCUT2D eigenvalue weighted by Crippen LogP contribution is -2.61. The van der Waals surface area contributed by atoms with Crippen LogP contribution in [0.15, 0.2) is 24.3 Å². The first-order valence-electron chi connectivity index (χ1n) is 11.7. The van der Waals surface area contributed by atoms with Crippen LogP contribution in [0.2, 0.25) is 0 Å². The zero-order chi connectivity index (χ0) is 28.0. The summed E-state index contributed by atoms with van der Waals surface area (Å²) in [6.07, 6.45) is -12.3. The highest BCUT2D eigenvalue weighted by Gasteiger charge is 2.47. The van der Waals surface area contributed by atoms with Gasteiger partial charge in [0, 0.05) is 13.2 Å². The van der Waals surface area contributed by atoms with Gasteiger partial charge in [0.15, 0.2) is 24.1 Å². The van der Waals surface area contributed by atoms with Gasteiger partial charge in [-0.1, -0.05) is 6.07 Å². The Kier molecular flexibility index (Phi) is 10.8. The first kappa shape index (κ1) is 30.2. The maximum absolute atomic E-state index is 12.2. The van der Waals surface area contributed by atoms with Gasteiger partial charge in [0.2, 0.25) is 0 Å². The maximum Gasteiger partial charge on any atom is 0.330 e. The van der Waals surface area contributed by atoms with Crippen molar-refractivity contribution in [1.82, 2.24) is 0 Å². The fourth-order valence-corrected chi connectivity index (χ4v) is 3.96. The van der Waals surface area contributed by atoms with E-state index < -0.39 is 80.6 Å². The molecule has 2 saturated heterocycles. The molecule has 38 heavy (non-hydrogen) atoms. The molecule has 6 N–H and O–H groups in total. The third-order valence-electron chi connectivity index (χ3n) is 6.20. The highest BCUT2D eigenvalue weighted by molar-refractivity contribution is 5.87. The lowest BCUT2D eigenvalue weighted by Gasteiger charge is -2.42. The molecule has 1 aromatic rings. The summed E-state index contributed by atoms with van der Waals surface area (Å²) < 4.78 is 36.7. The zero-order valence-corrected chi connectivity index (χ0v) is 21.0. The van der Waals surface area contributed by atoms with Crippen molar-refractivity contribution < 1.29 is 68.6 Å². The first-order chi connectivity index (χ1) is 18.1. The van der Waals surface area contributed by atoms with Crippen molar-refractivity contribution in [2.75, 3.05) is 34.5 Å². The molecule has 0 saturated carbocycles. The van der Waals surface area contributed by atoms with E-state index in [-0.39, 0.29) is 0 Å². The van der Waals surface area contributed by atoms with Gasteiger partial charge in [-0.3, -0.25) is 0 Å². The molecule has 2 aliphatic heterocycles. The zero-order valence-electron chi connectivity index (χ0n) is 21.0. The van der Waals surface area contributed by atoms with E-state index >= 15 is 0 Å². The van der Waals surface area contributed by atoms with Crippen LogP contribution in [0.1, 0.15) is 5.56 Å². The lowest BCUT2D eigenvalue weighted by atomic mass is 9.98. The second-order valence-electron chi connectivity index (χ2n) is 8.68. The summed E-state index contributed by atoms with van der Waals surface area (Å²) in [4.78, 5) is 12.2. The fourth-order valence-electron chi connectivity index (χ4n) is 3.96. The number of benzene rings is 1. The Bertz CT molecular complexity index is 939. The van der Waals surface area contributed by atoms with Crippen LogP contribution >= 0.6 is 0 Å². The topological polar surface area (TPSA) is 203 Å². The number of ether oxygens (including phenoxy) is 7. The Morgan fingerprint density at radius 1 is 0.789 bits per heavy atom. The van der Waals surface area contributed by atoms with Crippen molar-refractivity contribution in [2.45, 2.75) is 61.4 Å². The number of hydrogen-bond donors (Lipinski definition) is 6. The first-order valence-corrected chi connectivity index (χ1v) is 11.7. The third-order valence-corrected chi connectivity index (χ3v) is 6.20. The van der Waals surface area contributed by atoms with Gasteiger partial charge in [-0.05, 0) is 23.8 Å². The van der Waals surface area contributed by atoms with Crippen molar-refractivity contribution in [3.05, 3.63) is 29.8 Å². The summed E-state index contributed by atoms with van der Waals surface area (Å²) in [5.41, 5.74) is 0.626. The minimum Gasteiger partial charge on any atom is -0.493 e. The minimum atomic E-state index is -1.71. The SMILES string of the molecule is COc1ccc(C=CC(=O)OC[C@H]2O[C@@H](OC[C@H]3O[C@@H](OC)[C@H](O)[C@@H](O)[C@@H]3O)[C@H](O)[C@@H](O)[C@@H]2O)cc1OC. The van der Waals surface area contributed by atoms with E-state index in [1.54, 1.807) is 18.2 Å². The van der Waals surface area contributed by atoms with E-state index in [2.05, 4.69) is 0 Å². The van der Waals surface area contributed by atoms with Gasteiger partial charge in [-0.15, -0.1) is 0 Å². The number of hydrogen-bond acceptors (Lipinski definition) is 14. The molecule has 0 aliphatic carbocycles. The van der Waals surface area contributed by atoms with Gasteiger partial charge in [0.1, 0.15) is 55.4 Å². The quantitative estimate of drug-likeness (QED) is 0.133. The summed E-state index contributed by atoms with van der Waals surface area (Å²) >= 11 is 0. The van der Waals surface area contributed by atoms with Crippen LogP contribution in [0.3, 0.4) is 0 Å². The van der Waals surface area contributed by atoms with Gasteiger partial charge in [-0.25, -0.2) is 4.79 Å². The van der Waals surface area contributed by atoms with E-state index in [0.29, 0.717) is 17.1 Å². The van der Waals surface area contributed by atoms with E-state index in [0.717, 1.165) is 6.08 Å². The second kappa shape index (κ2) is 13.6. The Morgan fingerprint density at radius 2 is 1.37 bits per heavy atom. The van der Waals surface area contributed by atoms with Gasteiger partial charge in [-0.2, -0.15) is 0 Å². The van der Waals surface area contributed by atoms with Crippen molar-refractivity contribution >= 4 is 12.0 Å². The molecular formula is C24H34O14. The Morgan fingerprint density at radius 3 is 1.97 bits per heavy atom. The van der Waals surface area contributed by atoms with Crippen molar-refractivity contribution in [3.8, 4) is 11.5 Å². The summed E-state index contributed by atoms with van der Waals surface area (Å²) in [5, 5.41) is 60.8. The van der Waals surface area contributed by atoms with Crippen LogP contribution in [-0.4, -0.2) is 133 Å². The third kappa shape index (κ3) is 6.98. The molecule has 10 atom stereocenters. The molecule has 0 bridgehead atoms. The smallest absolute Gasteiger partial charge is 0.330 e. The van der Waals surface area contributed by atoms with Gasteiger partial charge in [0.25, 0.3) is 0 Å². The number of methoxy groups -OCH3 is 3. The molecule has 2 aliphatic rings. The minimum absolute atomic E-state index is 0.448. The normalized spacial score (nSPS) is 35.7. The average molecular weight is 547 g/mol. The molecule has 2 heterocycles. The Balaban J connectivity index is 1.56. The van der Waals surface area contributed by atoms with Crippen molar-refractivity contribution in [1.29, 1.82) is 0 Å². The number of rotatable bonds is 10. The monoisotopic (exact) mass is 546 g/mol. The number of carbonyl (C=O) groups excluding carboxylic acids is 1. The standard InChI is InChI=1S/C24H34O14/c1-32-12-6-4-11(8-13(12)33-2)5-7-16(25)35-9-14-17(26)20(29)22(31)24(38-14)36-10-15-18(27)19(28)21(30)23(34-3)37-15/h4-8,14-15,17-24,26-31H,9-10H2,1-3H3/t14-,15-,17-,18-,19+,20+,21-,22-,23-,24-/m1/s1. The fraction of sp³-hybridized carbons (Fsp3) is 0.625. The average Bonchev–Trinajstić information content (AvgIpc) is 2.93. The molecule has 0 spiro atoms. The van der Waals surface area contributed by atoms with Gasteiger partial charge >= 0.3 is 5.97 Å². The van der Waals surface area contributed by atoms with E-state index in [1.807, 2.05) is 0 Å². The Hall–Kier alpha value is -2.37. The molecule has 0 amide bonds. The summed E-state index contributed by atoms with van der Waals surface area (Å²) in [6.45, 7) is -0.935. The van der Waals surface area contributed by atoms with Crippen molar-refractivity contribution in [2.24, 2.45) is 0 Å². The molecule has 3 rings (SSSR count). The Labute approximate surface area is 218 Å². The van der Waals surface area contributed by atoms with Gasteiger partial charge < -0.3 is 63.8 Å². The molecule has 0 radical (unpaired) electrons. The predicted octanol–water partition coefficient (Wildman–Crippen LogP) is -2.46. The molecular weight excluding hydrogens is 512 g/mol. The van der Waals surface area contributed by atoms with Crippen LogP contribution in [-0.2, 0) is 28.5 Å². The van der Waals surface area contributed by atoms with Crippen LogP contribution < -0.4 is 9.47 Å². The van der Waals surface area contributed by atoms with Crippen LogP contribution in [0.5, 0.6) is 11.5 Å². The van der Waals surface area contributed by atoms with E-state index in [1.165, 1.54) is 27.4 Å².